The zero-order chi connectivity index (χ0) is 23.3. The standard InChI is InChI=1S/C23H26F3N3O3/c1-16-7-8-20(32-2)17(13-16)14-22(31)29-11-9-28(10-12-29)15-21(30)27-19-6-4-3-5-18(19)23(24,25)26/h3-8,13H,9-12,14-15H2,1-2H3,(H,27,30). The molecule has 0 spiro atoms. The summed E-state index contributed by atoms with van der Waals surface area (Å²) in [6, 6.07) is 10.6. The SMILES string of the molecule is COc1ccc(C)cc1CC(=O)N1CCN(CC(=O)Nc2ccccc2C(F)(F)F)CC1. The Hall–Kier alpha value is -3.07. The first-order valence-electron chi connectivity index (χ1n) is 10.3. The number of carbonyl (C=O) groups excluding carboxylic acids is 2. The fourth-order valence-corrected chi connectivity index (χ4v) is 3.71. The molecule has 172 valence electrons. The van der Waals surface area contributed by atoms with Crippen molar-refractivity contribution >= 4 is 17.5 Å². The maximum absolute atomic E-state index is 13.1. The molecule has 9 heteroatoms. The third kappa shape index (κ3) is 6.00. The first-order valence-corrected chi connectivity index (χ1v) is 10.3. The molecular formula is C23H26F3N3O3. The van der Waals surface area contributed by atoms with E-state index in [0.29, 0.717) is 31.9 Å². The Kier molecular flexibility index (Phi) is 7.40. The van der Waals surface area contributed by atoms with Crippen LogP contribution in [-0.4, -0.2) is 61.4 Å². The molecule has 1 aliphatic heterocycles. The second kappa shape index (κ2) is 10.0. The van der Waals surface area contributed by atoms with E-state index in [1.165, 1.54) is 18.2 Å². The fraction of sp³-hybridized carbons (Fsp3) is 0.391. The van der Waals surface area contributed by atoms with Crippen molar-refractivity contribution in [3.05, 3.63) is 59.2 Å². The Balaban J connectivity index is 1.52. The summed E-state index contributed by atoms with van der Waals surface area (Å²) < 4.78 is 44.6. The van der Waals surface area contributed by atoms with Gasteiger partial charge in [-0.15, -0.1) is 0 Å². The van der Waals surface area contributed by atoms with Gasteiger partial charge in [0.05, 0.1) is 31.3 Å². The average Bonchev–Trinajstić information content (AvgIpc) is 2.74. The highest BCUT2D eigenvalue weighted by Gasteiger charge is 2.33. The molecule has 2 aromatic carbocycles. The monoisotopic (exact) mass is 449 g/mol. The molecule has 0 aliphatic carbocycles. The molecule has 1 N–H and O–H groups in total. The van der Waals surface area contributed by atoms with Crippen LogP contribution in [0.15, 0.2) is 42.5 Å². The summed E-state index contributed by atoms with van der Waals surface area (Å²) in [5.41, 5.74) is 0.723. The minimum absolute atomic E-state index is 0.0305. The molecule has 32 heavy (non-hydrogen) atoms. The largest absolute Gasteiger partial charge is 0.496 e. The minimum Gasteiger partial charge on any atom is -0.496 e. The summed E-state index contributed by atoms with van der Waals surface area (Å²) >= 11 is 0. The molecule has 1 fully saturated rings. The number of ether oxygens (including phenoxy) is 1. The van der Waals surface area contributed by atoms with Gasteiger partial charge in [-0.2, -0.15) is 13.2 Å². The number of carbonyl (C=O) groups is 2. The van der Waals surface area contributed by atoms with E-state index < -0.39 is 17.6 Å². The third-order valence-corrected chi connectivity index (χ3v) is 5.38. The summed E-state index contributed by atoms with van der Waals surface area (Å²) in [5, 5.41) is 2.35. The maximum Gasteiger partial charge on any atom is 0.418 e. The van der Waals surface area contributed by atoms with Gasteiger partial charge in [0, 0.05) is 31.7 Å². The number of hydrogen-bond donors (Lipinski definition) is 1. The van der Waals surface area contributed by atoms with Crippen LogP contribution < -0.4 is 10.1 Å². The lowest BCUT2D eigenvalue weighted by molar-refractivity contribution is -0.137. The van der Waals surface area contributed by atoms with E-state index in [9.17, 15) is 22.8 Å². The number of rotatable bonds is 6. The molecule has 3 rings (SSSR count). The number of para-hydroxylation sites is 1. The van der Waals surface area contributed by atoms with Crippen molar-refractivity contribution in [3.63, 3.8) is 0 Å². The Labute approximate surface area is 184 Å². The highest BCUT2D eigenvalue weighted by Crippen LogP contribution is 2.34. The number of piperazine rings is 1. The number of halogens is 3. The molecule has 2 aromatic rings. The first kappa shape index (κ1) is 23.6. The van der Waals surface area contributed by atoms with E-state index in [1.807, 2.05) is 30.0 Å². The molecule has 0 atom stereocenters. The molecule has 0 radical (unpaired) electrons. The van der Waals surface area contributed by atoms with Crippen LogP contribution in [0.4, 0.5) is 18.9 Å². The third-order valence-electron chi connectivity index (χ3n) is 5.38. The van der Waals surface area contributed by atoms with E-state index >= 15 is 0 Å². The lowest BCUT2D eigenvalue weighted by Crippen LogP contribution is -2.50. The van der Waals surface area contributed by atoms with Crippen molar-refractivity contribution < 1.29 is 27.5 Å². The van der Waals surface area contributed by atoms with Crippen molar-refractivity contribution in [3.8, 4) is 5.75 Å². The van der Waals surface area contributed by atoms with Gasteiger partial charge < -0.3 is 15.0 Å². The van der Waals surface area contributed by atoms with Crippen molar-refractivity contribution in [2.75, 3.05) is 45.2 Å². The van der Waals surface area contributed by atoms with Gasteiger partial charge in [0.1, 0.15) is 5.75 Å². The van der Waals surface area contributed by atoms with Crippen LogP contribution in [0.25, 0.3) is 0 Å². The molecule has 1 heterocycles. The highest BCUT2D eigenvalue weighted by atomic mass is 19.4. The van der Waals surface area contributed by atoms with Gasteiger partial charge in [-0.1, -0.05) is 29.8 Å². The van der Waals surface area contributed by atoms with Crippen LogP contribution >= 0.6 is 0 Å². The van der Waals surface area contributed by atoms with E-state index in [1.54, 1.807) is 12.0 Å². The maximum atomic E-state index is 13.1. The van der Waals surface area contributed by atoms with E-state index in [-0.39, 0.29) is 24.6 Å². The van der Waals surface area contributed by atoms with Crippen LogP contribution in [0.5, 0.6) is 5.75 Å². The Morgan fingerprint density at radius 3 is 2.41 bits per heavy atom. The Morgan fingerprint density at radius 2 is 1.75 bits per heavy atom. The van der Waals surface area contributed by atoms with Gasteiger partial charge in [-0.05, 0) is 25.1 Å². The van der Waals surface area contributed by atoms with Gasteiger partial charge in [0.25, 0.3) is 0 Å². The summed E-state index contributed by atoms with van der Waals surface area (Å²) in [6.07, 6.45) is -4.32. The van der Waals surface area contributed by atoms with Gasteiger partial charge >= 0.3 is 6.18 Å². The lowest BCUT2D eigenvalue weighted by Gasteiger charge is -2.34. The van der Waals surface area contributed by atoms with E-state index in [0.717, 1.165) is 17.2 Å². The van der Waals surface area contributed by atoms with Gasteiger partial charge in [-0.25, -0.2) is 0 Å². The number of alkyl halides is 3. The normalized spacial score (nSPS) is 14.8. The van der Waals surface area contributed by atoms with Gasteiger partial charge in [0.15, 0.2) is 0 Å². The highest BCUT2D eigenvalue weighted by molar-refractivity contribution is 5.93. The summed E-state index contributed by atoms with van der Waals surface area (Å²) in [5.74, 6) is 0.112. The minimum atomic E-state index is -4.55. The van der Waals surface area contributed by atoms with E-state index in [2.05, 4.69) is 5.32 Å². The predicted molar refractivity (Wildman–Crippen MR) is 115 cm³/mol. The molecule has 2 amide bonds. The van der Waals surface area contributed by atoms with E-state index in [4.69, 9.17) is 4.74 Å². The number of aryl methyl sites for hydroxylation is 1. The van der Waals surface area contributed by atoms with Crippen LogP contribution in [0.1, 0.15) is 16.7 Å². The quantitative estimate of drug-likeness (QED) is 0.735. The van der Waals surface area contributed by atoms with Crippen LogP contribution in [0, 0.1) is 6.92 Å². The first-order chi connectivity index (χ1) is 15.2. The second-order valence-corrected chi connectivity index (χ2v) is 7.74. The zero-order valence-electron chi connectivity index (χ0n) is 18.0. The molecule has 0 aromatic heterocycles. The lowest BCUT2D eigenvalue weighted by atomic mass is 10.1. The molecule has 6 nitrogen and oxygen atoms in total. The molecule has 1 aliphatic rings. The molecule has 1 saturated heterocycles. The second-order valence-electron chi connectivity index (χ2n) is 7.74. The van der Waals surface area contributed by atoms with Crippen LogP contribution in [0.3, 0.4) is 0 Å². The average molecular weight is 449 g/mol. The zero-order valence-corrected chi connectivity index (χ0v) is 18.0. The molecular weight excluding hydrogens is 423 g/mol. The van der Waals surface area contributed by atoms with Gasteiger partial charge in [0.2, 0.25) is 11.8 Å². The summed E-state index contributed by atoms with van der Waals surface area (Å²) in [7, 11) is 1.57. The molecule has 0 unspecified atom stereocenters. The Morgan fingerprint density at radius 1 is 1.06 bits per heavy atom. The van der Waals surface area contributed by atoms with Crippen molar-refractivity contribution in [2.45, 2.75) is 19.5 Å². The Bertz CT molecular complexity index is 970. The number of methoxy groups -OCH3 is 1. The van der Waals surface area contributed by atoms with Crippen LogP contribution in [-0.2, 0) is 22.2 Å². The number of nitrogens with one attached hydrogen (secondary N) is 1. The molecule has 0 saturated carbocycles. The number of amides is 2. The topological polar surface area (TPSA) is 61.9 Å². The molecule has 0 bridgehead atoms. The number of benzene rings is 2. The number of nitrogens with zero attached hydrogens (tertiary/aromatic N) is 2. The number of anilines is 1. The summed E-state index contributed by atoms with van der Waals surface area (Å²) in [4.78, 5) is 28.6. The van der Waals surface area contributed by atoms with Crippen LogP contribution in [0.2, 0.25) is 0 Å². The number of hydrogen-bond acceptors (Lipinski definition) is 4. The smallest absolute Gasteiger partial charge is 0.418 e. The fourth-order valence-electron chi connectivity index (χ4n) is 3.71. The van der Waals surface area contributed by atoms with Crippen molar-refractivity contribution in [2.24, 2.45) is 0 Å². The van der Waals surface area contributed by atoms with Crippen molar-refractivity contribution in [1.29, 1.82) is 0 Å². The predicted octanol–water partition coefficient (Wildman–Crippen LogP) is 3.35. The van der Waals surface area contributed by atoms with Gasteiger partial charge in [-0.3, -0.25) is 14.5 Å². The summed E-state index contributed by atoms with van der Waals surface area (Å²) in [6.45, 7) is 3.72. The van der Waals surface area contributed by atoms with Crippen molar-refractivity contribution in [1.82, 2.24) is 9.80 Å².